The SMILES string of the molecule is CC(C)(C)c1nc(C(=O)CCc2ccc(-c3ccnc4nc(-c5ccc(N6CCC(O)CC6)cn5)[nH]c34)cc2F)no1. The summed E-state index contributed by atoms with van der Waals surface area (Å²) in [6.07, 6.45) is 5.00. The molecular weight excluding hydrogens is 537 g/mol. The van der Waals surface area contributed by atoms with Crippen LogP contribution in [0.4, 0.5) is 10.1 Å². The number of benzene rings is 1. The maximum Gasteiger partial charge on any atom is 0.238 e. The first kappa shape index (κ1) is 27.6. The molecule has 42 heavy (non-hydrogen) atoms. The fourth-order valence-electron chi connectivity index (χ4n) is 5.03. The summed E-state index contributed by atoms with van der Waals surface area (Å²) in [5.74, 6) is 0.267. The van der Waals surface area contributed by atoms with Crippen LogP contribution in [0.1, 0.15) is 62.1 Å². The molecule has 216 valence electrons. The number of piperidine rings is 1. The number of halogens is 1. The lowest BCUT2D eigenvalue weighted by Crippen LogP contribution is -2.35. The van der Waals surface area contributed by atoms with Crippen molar-refractivity contribution in [1.82, 2.24) is 30.1 Å². The van der Waals surface area contributed by atoms with Crippen molar-refractivity contribution in [2.24, 2.45) is 0 Å². The molecule has 1 saturated heterocycles. The van der Waals surface area contributed by atoms with Gasteiger partial charge >= 0.3 is 0 Å². The van der Waals surface area contributed by atoms with Crippen LogP contribution in [-0.4, -0.2) is 60.2 Å². The molecule has 10 nitrogen and oxygen atoms in total. The molecule has 1 aromatic carbocycles. The molecule has 0 atom stereocenters. The number of rotatable bonds is 7. The highest BCUT2D eigenvalue weighted by atomic mass is 19.1. The molecule has 0 unspecified atom stereocenters. The molecule has 0 spiro atoms. The smallest absolute Gasteiger partial charge is 0.238 e. The molecule has 1 aliphatic heterocycles. The van der Waals surface area contributed by atoms with E-state index in [9.17, 15) is 9.90 Å². The van der Waals surface area contributed by atoms with Gasteiger partial charge in [-0.05, 0) is 54.7 Å². The molecule has 4 aromatic heterocycles. The number of Topliss-reactive ketones (excluding diaryl/α,β-unsaturated/α-hetero) is 1. The number of fused-ring (bicyclic) bond motifs is 1. The van der Waals surface area contributed by atoms with Crippen LogP contribution in [0, 0.1) is 5.82 Å². The van der Waals surface area contributed by atoms with Crippen molar-refractivity contribution >= 4 is 22.6 Å². The summed E-state index contributed by atoms with van der Waals surface area (Å²) in [5.41, 5.74) is 4.34. The third-order valence-electron chi connectivity index (χ3n) is 7.51. The number of aliphatic hydroxyl groups is 1. The van der Waals surface area contributed by atoms with Gasteiger partial charge in [0.25, 0.3) is 0 Å². The number of anilines is 1. The van der Waals surface area contributed by atoms with Gasteiger partial charge < -0.3 is 19.5 Å². The van der Waals surface area contributed by atoms with Crippen molar-refractivity contribution in [3.05, 3.63) is 71.9 Å². The summed E-state index contributed by atoms with van der Waals surface area (Å²) in [4.78, 5) is 36.0. The van der Waals surface area contributed by atoms with Gasteiger partial charge in [0.2, 0.25) is 17.5 Å². The minimum Gasteiger partial charge on any atom is -0.393 e. The summed E-state index contributed by atoms with van der Waals surface area (Å²) >= 11 is 0. The van der Waals surface area contributed by atoms with E-state index in [2.05, 4.69) is 35.0 Å². The highest BCUT2D eigenvalue weighted by molar-refractivity contribution is 5.93. The van der Waals surface area contributed by atoms with Gasteiger partial charge in [-0.1, -0.05) is 38.1 Å². The zero-order chi connectivity index (χ0) is 29.4. The average molecular weight is 570 g/mol. The third kappa shape index (κ3) is 5.64. The van der Waals surface area contributed by atoms with Crippen molar-refractivity contribution in [2.75, 3.05) is 18.0 Å². The number of nitrogens with one attached hydrogen (secondary N) is 1. The number of aryl methyl sites for hydroxylation is 1. The highest BCUT2D eigenvalue weighted by Gasteiger charge is 2.24. The topological polar surface area (TPSA) is 134 Å². The minimum atomic E-state index is -0.406. The molecule has 0 bridgehead atoms. The molecule has 0 aliphatic carbocycles. The zero-order valence-corrected chi connectivity index (χ0v) is 23.8. The second-order valence-corrected chi connectivity index (χ2v) is 11.7. The third-order valence-corrected chi connectivity index (χ3v) is 7.51. The fourth-order valence-corrected chi connectivity index (χ4v) is 5.03. The molecular formula is C31H32FN7O3. The van der Waals surface area contributed by atoms with Gasteiger partial charge in [-0.25, -0.2) is 14.4 Å². The summed E-state index contributed by atoms with van der Waals surface area (Å²) < 4.78 is 20.4. The molecule has 0 saturated carbocycles. The number of imidazole rings is 1. The van der Waals surface area contributed by atoms with Gasteiger partial charge in [-0.2, -0.15) is 4.98 Å². The van der Waals surface area contributed by atoms with Gasteiger partial charge in [0.1, 0.15) is 11.5 Å². The van der Waals surface area contributed by atoms with Crippen molar-refractivity contribution in [3.63, 3.8) is 0 Å². The number of hydrogen-bond acceptors (Lipinski definition) is 9. The normalized spacial score (nSPS) is 14.5. The van der Waals surface area contributed by atoms with E-state index < -0.39 is 5.82 Å². The first-order chi connectivity index (χ1) is 20.2. The Hall–Kier alpha value is -4.51. The number of ketones is 1. The Morgan fingerprint density at radius 2 is 1.93 bits per heavy atom. The molecule has 0 radical (unpaired) electrons. The number of carbonyl (C=O) groups is 1. The molecule has 1 aliphatic rings. The van der Waals surface area contributed by atoms with Crippen molar-refractivity contribution in [3.8, 4) is 22.6 Å². The number of H-pyrrole nitrogens is 1. The Bertz CT molecular complexity index is 1730. The van der Waals surface area contributed by atoms with E-state index in [4.69, 9.17) is 4.52 Å². The molecule has 5 heterocycles. The predicted molar refractivity (Wildman–Crippen MR) is 156 cm³/mol. The quantitative estimate of drug-likeness (QED) is 0.251. The van der Waals surface area contributed by atoms with E-state index >= 15 is 4.39 Å². The monoisotopic (exact) mass is 569 g/mol. The van der Waals surface area contributed by atoms with E-state index in [1.165, 1.54) is 6.07 Å². The van der Waals surface area contributed by atoms with E-state index in [1.807, 2.05) is 51.2 Å². The highest BCUT2D eigenvalue weighted by Crippen LogP contribution is 2.30. The molecule has 0 amide bonds. The maximum atomic E-state index is 15.2. The number of pyridine rings is 2. The van der Waals surface area contributed by atoms with Crippen LogP contribution >= 0.6 is 0 Å². The van der Waals surface area contributed by atoms with Crippen molar-refractivity contribution < 1.29 is 18.8 Å². The van der Waals surface area contributed by atoms with Gasteiger partial charge in [0, 0.05) is 36.7 Å². The predicted octanol–water partition coefficient (Wildman–Crippen LogP) is 5.28. The van der Waals surface area contributed by atoms with Crippen LogP contribution < -0.4 is 4.90 Å². The first-order valence-electron chi connectivity index (χ1n) is 14.1. The number of aromatic amines is 1. The van der Waals surface area contributed by atoms with Gasteiger partial charge in [0.05, 0.1) is 23.5 Å². The Morgan fingerprint density at radius 3 is 2.62 bits per heavy atom. The lowest BCUT2D eigenvalue weighted by Gasteiger charge is -2.31. The summed E-state index contributed by atoms with van der Waals surface area (Å²) in [7, 11) is 0. The Kier molecular flexibility index (Phi) is 7.28. The van der Waals surface area contributed by atoms with E-state index in [0.29, 0.717) is 39.7 Å². The van der Waals surface area contributed by atoms with Crippen LogP contribution in [0.25, 0.3) is 33.8 Å². The van der Waals surface area contributed by atoms with Gasteiger partial charge in [0.15, 0.2) is 11.5 Å². The number of hydrogen-bond donors (Lipinski definition) is 2. The average Bonchev–Trinajstić information content (AvgIpc) is 3.65. The molecule has 2 N–H and O–H groups in total. The van der Waals surface area contributed by atoms with E-state index in [0.717, 1.165) is 37.2 Å². The lowest BCUT2D eigenvalue weighted by molar-refractivity contribution is 0.0969. The van der Waals surface area contributed by atoms with E-state index in [1.54, 1.807) is 12.3 Å². The summed E-state index contributed by atoms with van der Waals surface area (Å²) in [5, 5.41) is 13.6. The van der Waals surface area contributed by atoms with Gasteiger partial charge in [-0.3, -0.25) is 9.78 Å². The first-order valence-corrected chi connectivity index (χ1v) is 14.1. The van der Waals surface area contributed by atoms with Crippen molar-refractivity contribution in [2.45, 2.75) is 58.0 Å². The Labute approximate surface area is 242 Å². The minimum absolute atomic E-state index is 0.0154. The Morgan fingerprint density at radius 1 is 1.12 bits per heavy atom. The Balaban J connectivity index is 1.18. The number of carbonyl (C=O) groups excluding carboxylic acids is 1. The number of aliphatic hydroxyl groups excluding tert-OH is 1. The lowest BCUT2D eigenvalue weighted by atomic mass is 9.97. The van der Waals surface area contributed by atoms with Crippen LogP contribution in [0.3, 0.4) is 0 Å². The molecule has 11 heteroatoms. The number of nitrogens with zero attached hydrogens (tertiary/aromatic N) is 6. The van der Waals surface area contributed by atoms with Crippen molar-refractivity contribution in [1.29, 1.82) is 0 Å². The zero-order valence-electron chi connectivity index (χ0n) is 23.8. The molecule has 5 aromatic rings. The van der Waals surface area contributed by atoms with Gasteiger partial charge in [-0.15, -0.1) is 0 Å². The van der Waals surface area contributed by atoms with Crippen LogP contribution in [-0.2, 0) is 11.8 Å². The standard InChI is InChI=1S/C31H32FN7O3/c1-31(2,3)30-37-28(38-42-30)25(41)9-6-18-4-5-19(16-23(18)32)22-10-13-33-29-26(22)35-27(36-29)24-8-7-20(17-34-24)39-14-11-21(40)12-15-39/h4-5,7-8,10,13,16-17,21,40H,6,9,11-12,14-15H2,1-3H3,(H,33,35,36). The second kappa shape index (κ2) is 11.1. The van der Waals surface area contributed by atoms with Crippen LogP contribution in [0.15, 0.2) is 53.3 Å². The summed E-state index contributed by atoms with van der Waals surface area (Å²) in [6, 6.07) is 10.7. The van der Waals surface area contributed by atoms with Crippen LogP contribution in [0.5, 0.6) is 0 Å². The second-order valence-electron chi connectivity index (χ2n) is 11.7. The molecule has 6 rings (SSSR count). The van der Waals surface area contributed by atoms with Crippen LogP contribution in [0.2, 0.25) is 0 Å². The fraction of sp³-hybridized carbons (Fsp3) is 0.355. The summed E-state index contributed by atoms with van der Waals surface area (Å²) in [6.45, 7) is 7.35. The van der Waals surface area contributed by atoms with E-state index in [-0.39, 0.29) is 36.0 Å². The molecule has 1 fully saturated rings. The maximum absolute atomic E-state index is 15.2. The number of aromatic nitrogens is 6. The largest absolute Gasteiger partial charge is 0.393 e.